The van der Waals surface area contributed by atoms with E-state index in [0.29, 0.717) is 22.9 Å². The van der Waals surface area contributed by atoms with E-state index >= 15 is 0 Å². The maximum Gasteiger partial charge on any atom is 0.344 e. The number of ether oxygens (including phenoxy) is 4. The van der Waals surface area contributed by atoms with Crippen molar-refractivity contribution >= 4 is 17.6 Å². The van der Waals surface area contributed by atoms with Gasteiger partial charge in [0, 0.05) is 24.6 Å². The van der Waals surface area contributed by atoms with E-state index in [1.807, 2.05) is 32.0 Å². The molecule has 1 fully saturated rings. The Bertz CT molecular complexity index is 960. The van der Waals surface area contributed by atoms with Crippen LogP contribution in [0.15, 0.2) is 36.4 Å². The fourth-order valence-corrected chi connectivity index (χ4v) is 4.01. The molecule has 1 saturated carbocycles. The van der Waals surface area contributed by atoms with Gasteiger partial charge in [0.2, 0.25) is 0 Å². The molecule has 0 bridgehead atoms. The van der Waals surface area contributed by atoms with Gasteiger partial charge in [0.25, 0.3) is 11.7 Å². The highest BCUT2D eigenvalue weighted by Crippen LogP contribution is 2.46. The van der Waals surface area contributed by atoms with Gasteiger partial charge in [-0.05, 0) is 62.1 Å². The molecular formula is C24H27NO6. The summed E-state index contributed by atoms with van der Waals surface area (Å²) in [5.41, 5.74) is 2.64. The highest BCUT2D eigenvalue weighted by molar-refractivity contribution is 5.93. The number of hydrogen-bond donors (Lipinski definition) is 1. The Balaban J connectivity index is 1.24. The van der Waals surface area contributed by atoms with Crippen molar-refractivity contribution in [3.05, 3.63) is 47.5 Å². The van der Waals surface area contributed by atoms with Crippen LogP contribution >= 0.6 is 0 Å². The first-order valence-electron chi connectivity index (χ1n) is 10.6. The van der Waals surface area contributed by atoms with Gasteiger partial charge in [-0.2, -0.15) is 0 Å². The molecule has 1 N–H and O–H groups in total. The van der Waals surface area contributed by atoms with E-state index in [0.717, 1.165) is 36.8 Å². The second kappa shape index (κ2) is 8.88. The smallest absolute Gasteiger partial charge is 0.344 e. The molecule has 1 heterocycles. The zero-order valence-corrected chi connectivity index (χ0v) is 17.9. The van der Waals surface area contributed by atoms with Crippen LogP contribution in [0.2, 0.25) is 0 Å². The summed E-state index contributed by atoms with van der Waals surface area (Å²) in [5, 5.41) is 2.71. The number of carbonyl (C=O) groups is 2. The van der Waals surface area contributed by atoms with Crippen LogP contribution in [0.1, 0.15) is 43.2 Å². The van der Waals surface area contributed by atoms with E-state index in [1.165, 1.54) is 6.42 Å². The van der Waals surface area contributed by atoms with E-state index in [9.17, 15) is 9.59 Å². The number of benzene rings is 2. The molecule has 7 nitrogen and oxygen atoms in total. The Kier molecular flexibility index (Phi) is 6.02. The first kappa shape index (κ1) is 21.0. The number of aryl methyl sites for hydroxylation is 2. The highest BCUT2D eigenvalue weighted by Gasteiger charge is 2.42. The van der Waals surface area contributed by atoms with Crippen LogP contribution in [0, 0.1) is 13.8 Å². The van der Waals surface area contributed by atoms with Crippen molar-refractivity contribution < 1.29 is 28.5 Å². The van der Waals surface area contributed by atoms with Crippen LogP contribution < -0.4 is 19.5 Å². The van der Waals surface area contributed by atoms with Gasteiger partial charge in [0.15, 0.2) is 24.7 Å². The van der Waals surface area contributed by atoms with Crippen LogP contribution in [0.5, 0.6) is 17.2 Å². The summed E-state index contributed by atoms with van der Waals surface area (Å²) in [6.45, 7) is 3.25. The number of fused-ring (bicyclic) bond motifs is 1. The molecule has 1 amide bonds. The molecule has 0 radical (unpaired) electrons. The van der Waals surface area contributed by atoms with Crippen molar-refractivity contribution in [2.45, 2.75) is 51.7 Å². The Hall–Kier alpha value is -3.22. The fraction of sp³-hybridized carbons (Fsp3) is 0.417. The molecule has 2 aromatic carbocycles. The topological polar surface area (TPSA) is 83.1 Å². The number of rotatable bonds is 6. The number of nitrogens with one attached hydrogen (secondary N) is 1. The Morgan fingerprint density at radius 2 is 1.65 bits per heavy atom. The van der Waals surface area contributed by atoms with Crippen molar-refractivity contribution in [3.8, 4) is 17.2 Å². The summed E-state index contributed by atoms with van der Waals surface area (Å²) < 4.78 is 22.6. The van der Waals surface area contributed by atoms with Crippen molar-refractivity contribution in [3.63, 3.8) is 0 Å². The Morgan fingerprint density at radius 1 is 0.935 bits per heavy atom. The minimum absolute atomic E-state index is 0.262. The summed E-state index contributed by atoms with van der Waals surface area (Å²) in [4.78, 5) is 24.1. The SMILES string of the molecule is Cc1cc(C)cc(OCC(=O)OCC(=O)Nc2ccc3c(c2)OC2(CCCCC2)O3)c1. The van der Waals surface area contributed by atoms with E-state index < -0.39 is 24.3 Å². The Labute approximate surface area is 181 Å². The first-order valence-corrected chi connectivity index (χ1v) is 10.6. The Morgan fingerprint density at radius 3 is 2.39 bits per heavy atom. The number of hydrogen-bond acceptors (Lipinski definition) is 6. The second-order valence-electron chi connectivity index (χ2n) is 8.16. The van der Waals surface area contributed by atoms with Crippen molar-refractivity contribution in [1.82, 2.24) is 0 Å². The van der Waals surface area contributed by atoms with Crippen molar-refractivity contribution in [2.75, 3.05) is 18.5 Å². The molecule has 7 heteroatoms. The largest absolute Gasteiger partial charge is 0.482 e. The highest BCUT2D eigenvalue weighted by atomic mass is 16.7. The molecule has 164 valence electrons. The monoisotopic (exact) mass is 425 g/mol. The van der Waals surface area contributed by atoms with E-state index in [1.54, 1.807) is 18.2 Å². The van der Waals surface area contributed by atoms with Gasteiger partial charge in [0.1, 0.15) is 5.75 Å². The molecule has 0 unspecified atom stereocenters. The van der Waals surface area contributed by atoms with Gasteiger partial charge in [0.05, 0.1) is 0 Å². The number of carbonyl (C=O) groups excluding carboxylic acids is 2. The average Bonchev–Trinajstić information content (AvgIpc) is 3.07. The zero-order valence-electron chi connectivity index (χ0n) is 17.9. The van der Waals surface area contributed by atoms with Crippen molar-refractivity contribution in [1.29, 1.82) is 0 Å². The van der Waals surface area contributed by atoms with Gasteiger partial charge in [-0.15, -0.1) is 0 Å². The van der Waals surface area contributed by atoms with E-state index in [4.69, 9.17) is 18.9 Å². The van der Waals surface area contributed by atoms with E-state index in [-0.39, 0.29) is 6.61 Å². The van der Waals surface area contributed by atoms with Gasteiger partial charge in [-0.25, -0.2) is 4.79 Å². The summed E-state index contributed by atoms with van der Waals surface area (Å²) >= 11 is 0. The molecule has 2 aliphatic rings. The number of esters is 1. The maximum atomic E-state index is 12.2. The molecule has 4 rings (SSSR count). The third kappa shape index (κ3) is 5.29. The van der Waals surface area contributed by atoms with Crippen LogP contribution in [0.3, 0.4) is 0 Å². The maximum absolute atomic E-state index is 12.2. The van der Waals surface area contributed by atoms with Crippen LogP contribution in [0.4, 0.5) is 5.69 Å². The average molecular weight is 425 g/mol. The lowest BCUT2D eigenvalue weighted by atomic mass is 9.94. The van der Waals surface area contributed by atoms with Crippen LogP contribution in [-0.4, -0.2) is 30.9 Å². The van der Waals surface area contributed by atoms with Gasteiger partial charge in [-0.1, -0.05) is 12.5 Å². The molecule has 0 atom stereocenters. The van der Waals surface area contributed by atoms with Gasteiger partial charge >= 0.3 is 5.97 Å². The molecule has 2 aromatic rings. The standard InChI is InChI=1S/C24H27NO6/c1-16-10-17(2)12-19(11-16)28-15-23(27)29-14-22(26)25-18-6-7-20-21(13-18)31-24(30-20)8-4-3-5-9-24/h6-7,10-13H,3-5,8-9,14-15H2,1-2H3,(H,25,26). The molecule has 31 heavy (non-hydrogen) atoms. The fourth-order valence-electron chi connectivity index (χ4n) is 4.01. The van der Waals surface area contributed by atoms with Gasteiger partial charge in [-0.3, -0.25) is 4.79 Å². The molecular weight excluding hydrogens is 398 g/mol. The van der Waals surface area contributed by atoms with Crippen LogP contribution in [0.25, 0.3) is 0 Å². The minimum atomic E-state index is -0.612. The lowest BCUT2D eigenvalue weighted by molar-refractivity contribution is -0.149. The summed E-state index contributed by atoms with van der Waals surface area (Å²) in [5.74, 6) is 0.294. The number of amides is 1. The number of anilines is 1. The van der Waals surface area contributed by atoms with Gasteiger partial charge < -0.3 is 24.3 Å². The lowest BCUT2D eigenvalue weighted by Gasteiger charge is -2.31. The zero-order chi connectivity index (χ0) is 21.8. The van der Waals surface area contributed by atoms with Crippen molar-refractivity contribution in [2.24, 2.45) is 0 Å². The first-order chi connectivity index (χ1) is 14.9. The molecule has 1 aliphatic carbocycles. The quantitative estimate of drug-likeness (QED) is 0.695. The van der Waals surface area contributed by atoms with E-state index in [2.05, 4.69) is 5.32 Å². The predicted molar refractivity (Wildman–Crippen MR) is 115 cm³/mol. The van der Waals surface area contributed by atoms with Crippen LogP contribution in [-0.2, 0) is 14.3 Å². The molecule has 0 saturated heterocycles. The summed E-state index contributed by atoms with van der Waals surface area (Å²) in [7, 11) is 0. The summed E-state index contributed by atoms with van der Waals surface area (Å²) in [6, 6.07) is 11.0. The predicted octanol–water partition coefficient (Wildman–Crippen LogP) is 4.30. The molecule has 1 aliphatic heterocycles. The normalized spacial score (nSPS) is 16.1. The minimum Gasteiger partial charge on any atom is -0.482 e. The second-order valence-corrected chi connectivity index (χ2v) is 8.16. The molecule has 0 aromatic heterocycles. The molecule has 1 spiro atoms. The summed E-state index contributed by atoms with van der Waals surface area (Å²) in [6.07, 6.45) is 5.08. The third-order valence-electron chi connectivity index (χ3n) is 5.35. The third-order valence-corrected chi connectivity index (χ3v) is 5.35. The lowest BCUT2D eigenvalue weighted by Crippen LogP contribution is -2.40.